The molecule has 0 aliphatic carbocycles. The molecule has 1 aliphatic heterocycles. The molecule has 154 valence electrons. The minimum absolute atomic E-state index is 0.00529. The van der Waals surface area contributed by atoms with Crippen LogP contribution in [0.4, 0.5) is 5.13 Å². The number of nitrogens with one attached hydrogen (secondary N) is 2. The lowest BCUT2D eigenvalue weighted by Gasteiger charge is -2.05. The van der Waals surface area contributed by atoms with Gasteiger partial charge < -0.3 is 14.8 Å². The van der Waals surface area contributed by atoms with Crippen LogP contribution in [0.5, 0.6) is 11.5 Å². The summed E-state index contributed by atoms with van der Waals surface area (Å²) < 4.78 is 10.7. The van der Waals surface area contributed by atoms with Crippen molar-refractivity contribution in [2.75, 3.05) is 18.7 Å². The number of carbonyl (C=O) groups excluding carboxylic acids is 2. The first kappa shape index (κ1) is 19.9. The minimum atomic E-state index is -0.284. The van der Waals surface area contributed by atoms with E-state index in [0.29, 0.717) is 28.7 Å². The van der Waals surface area contributed by atoms with Crippen molar-refractivity contribution in [3.63, 3.8) is 0 Å². The molecule has 2 heterocycles. The van der Waals surface area contributed by atoms with Crippen molar-refractivity contribution >= 4 is 28.3 Å². The zero-order valence-electron chi connectivity index (χ0n) is 16.4. The number of hydrogen-bond acceptors (Lipinski definition) is 6. The monoisotopic (exact) mass is 423 g/mol. The quantitative estimate of drug-likeness (QED) is 0.563. The second kappa shape index (κ2) is 8.96. The highest BCUT2D eigenvalue weighted by Gasteiger charge is 2.22. The van der Waals surface area contributed by atoms with Crippen LogP contribution in [0.2, 0.25) is 0 Å². The Morgan fingerprint density at radius 1 is 1.13 bits per heavy atom. The Labute approximate surface area is 178 Å². The summed E-state index contributed by atoms with van der Waals surface area (Å²) in [6.45, 7) is 2.31. The van der Waals surface area contributed by atoms with Crippen molar-refractivity contribution in [3.8, 4) is 22.8 Å². The van der Waals surface area contributed by atoms with E-state index in [1.165, 1.54) is 23.8 Å². The van der Waals surface area contributed by atoms with Gasteiger partial charge in [-0.2, -0.15) is 0 Å². The van der Waals surface area contributed by atoms with Crippen molar-refractivity contribution < 1.29 is 19.1 Å². The van der Waals surface area contributed by atoms with Gasteiger partial charge in [0.1, 0.15) is 0 Å². The number of ether oxygens (including phenoxy) is 2. The third-order valence-corrected chi connectivity index (χ3v) is 5.39. The predicted molar refractivity (Wildman–Crippen MR) is 115 cm³/mol. The van der Waals surface area contributed by atoms with Crippen LogP contribution >= 0.6 is 11.3 Å². The Kier molecular flexibility index (Phi) is 5.94. The zero-order chi connectivity index (χ0) is 20.9. The van der Waals surface area contributed by atoms with E-state index in [9.17, 15) is 9.59 Å². The molecular weight excluding hydrogens is 402 g/mol. The molecule has 30 heavy (non-hydrogen) atoms. The van der Waals surface area contributed by atoms with E-state index in [4.69, 9.17) is 9.47 Å². The molecule has 0 atom stereocenters. The van der Waals surface area contributed by atoms with Gasteiger partial charge in [0, 0.05) is 24.4 Å². The van der Waals surface area contributed by atoms with Crippen LogP contribution in [0.25, 0.3) is 11.3 Å². The molecule has 0 unspecified atom stereocenters. The van der Waals surface area contributed by atoms with E-state index in [0.717, 1.165) is 24.1 Å². The highest BCUT2D eigenvalue weighted by Crippen LogP contribution is 2.36. The number of aromatic nitrogens is 1. The van der Waals surface area contributed by atoms with Crippen LogP contribution in [-0.4, -0.2) is 30.1 Å². The molecule has 0 bridgehead atoms. The van der Waals surface area contributed by atoms with Crippen molar-refractivity contribution in [1.82, 2.24) is 10.3 Å². The number of fused-ring (bicyclic) bond motifs is 1. The second-order valence-electron chi connectivity index (χ2n) is 6.81. The van der Waals surface area contributed by atoms with Crippen LogP contribution < -0.4 is 20.1 Å². The Hall–Kier alpha value is -3.39. The summed E-state index contributed by atoms with van der Waals surface area (Å²) in [7, 11) is 0. The van der Waals surface area contributed by atoms with Gasteiger partial charge in [-0.1, -0.05) is 30.3 Å². The molecule has 4 rings (SSSR count). The molecule has 3 aromatic rings. The van der Waals surface area contributed by atoms with Gasteiger partial charge in [0.25, 0.3) is 5.91 Å². The molecular formula is C22H21N3O4S. The molecule has 0 radical (unpaired) electrons. The SMILES string of the molecule is CC(=O)NCCCc1ccc(-c2csc(NC(=O)c3cccc4c3OCO4)n2)cc1. The fourth-order valence-electron chi connectivity index (χ4n) is 3.14. The number of benzene rings is 2. The van der Waals surface area contributed by atoms with E-state index in [-0.39, 0.29) is 18.6 Å². The topological polar surface area (TPSA) is 89.6 Å². The molecule has 0 fully saturated rings. The van der Waals surface area contributed by atoms with E-state index in [1.54, 1.807) is 18.2 Å². The normalized spacial score (nSPS) is 11.9. The van der Waals surface area contributed by atoms with Crippen LogP contribution in [-0.2, 0) is 11.2 Å². The standard InChI is InChI=1S/C22H21N3O4S/c1-14(26)23-11-3-4-15-7-9-16(10-8-15)18-12-30-22(24-18)25-21(27)17-5-2-6-19-20(17)29-13-28-19/h2,5-10,12H,3-4,11,13H2,1H3,(H,23,26)(H,24,25,27). The van der Waals surface area contributed by atoms with Crippen LogP contribution in [0.1, 0.15) is 29.3 Å². The molecule has 1 aromatic heterocycles. The van der Waals surface area contributed by atoms with E-state index in [1.807, 2.05) is 17.5 Å². The second-order valence-corrected chi connectivity index (χ2v) is 7.67. The predicted octanol–water partition coefficient (Wildman–Crippen LogP) is 3.86. The number of hydrogen-bond donors (Lipinski definition) is 2. The van der Waals surface area contributed by atoms with Crippen molar-refractivity contribution in [3.05, 3.63) is 59.0 Å². The van der Waals surface area contributed by atoms with Gasteiger partial charge in [0.05, 0.1) is 11.3 Å². The molecule has 2 N–H and O–H groups in total. The molecule has 2 aromatic carbocycles. The maximum absolute atomic E-state index is 12.6. The number of amides is 2. The third-order valence-electron chi connectivity index (χ3n) is 4.63. The Morgan fingerprint density at radius 2 is 1.97 bits per heavy atom. The summed E-state index contributed by atoms with van der Waals surface area (Å²) >= 11 is 1.37. The van der Waals surface area contributed by atoms with Gasteiger partial charge in [-0.25, -0.2) is 4.98 Å². The molecule has 2 amide bonds. The van der Waals surface area contributed by atoms with E-state index in [2.05, 4.69) is 27.8 Å². The smallest absolute Gasteiger partial charge is 0.261 e. The fourth-order valence-corrected chi connectivity index (χ4v) is 3.85. The van der Waals surface area contributed by atoms with Crippen molar-refractivity contribution in [1.29, 1.82) is 0 Å². The number of rotatable bonds is 7. The Balaban J connectivity index is 1.38. The summed E-state index contributed by atoms with van der Waals surface area (Å²) in [6, 6.07) is 13.4. The molecule has 1 aliphatic rings. The fraction of sp³-hybridized carbons (Fsp3) is 0.227. The maximum Gasteiger partial charge on any atom is 0.261 e. The largest absolute Gasteiger partial charge is 0.454 e. The van der Waals surface area contributed by atoms with E-state index < -0.39 is 0 Å². The minimum Gasteiger partial charge on any atom is -0.454 e. The average Bonchev–Trinajstić information content (AvgIpc) is 3.41. The van der Waals surface area contributed by atoms with Crippen LogP contribution in [0.15, 0.2) is 47.8 Å². The molecule has 0 spiro atoms. The number of nitrogens with zero attached hydrogens (tertiary/aromatic N) is 1. The Morgan fingerprint density at radius 3 is 2.77 bits per heavy atom. The van der Waals surface area contributed by atoms with Gasteiger partial charge in [0.15, 0.2) is 16.6 Å². The first-order valence-corrected chi connectivity index (χ1v) is 10.5. The van der Waals surface area contributed by atoms with Crippen LogP contribution in [0, 0.1) is 0 Å². The van der Waals surface area contributed by atoms with Gasteiger partial charge in [-0.05, 0) is 30.5 Å². The highest BCUT2D eigenvalue weighted by atomic mass is 32.1. The molecule has 8 heteroatoms. The van der Waals surface area contributed by atoms with Crippen molar-refractivity contribution in [2.45, 2.75) is 19.8 Å². The van der Waals surface area contributed by atoms with Gasteiger partial charge in [0.2, 0.25) is 12.7 Å². The van der Waals surface area contributed by atoms with Crippen molar-refractivity contribution in [2.24, 2.45) is 0 Å². The Bertz CT molecular complexity index is 1060. The maximum atomic E-state index is 12.6. The summed E-state index contributed by atoms with van der Waals surface area (Å²) in [6.07, 6.45) is 1.79. The van der Waals surface area contributed by atoms with E-state index >= 15 is 0 Å². The molecule has 0 saturated carbocycles. The third kappa shape index (κ3) is 4.60. The first-order chi connectivity index (χ1) is 14.6. The van der Waals surface area contributed by atoms with Gasteiger partial charge >= 0.3 is 0 Å². The summed E-state index contributed by atoms with van der Waals surface area (Å²) in [4.78, 5) is 28.1. The number of anilines is 1. The van der Waals surface area contributed by atoms with Crippen LogP contribution in [0.3, 0.4) is 0 Å². The first-order valence-electron chi connectivity index (χ1n) is 9.59. The average molecular weight is 423 g/mol. The number of thiazole rings is 1. The summed E-state index contributed by atoms with van der Waals surface area (Å²) in [5.41, 5.74) is 3.41. The lowest BCUT2D eigenvalue weighted by atomic mass is 10.1. The highest BCUT2D eigenvalue weighted by molar-refractivity contribution is 7.14. The number of aryl methyl sites for hydroxylation is 1. The number of para-hydroxylation sites is 1. The molecule has 0 saturated heterocycles. The summed E-state index contributed by atoms with van der Waals surface area (Å²) in [5.74, 6) is 0.738. The molecule has 7 nitrogen and oxygen atoms in total. The lowest BCUT2D eigenvalue weighted by molar-refractivity contribution is -0.118. The number of carbonyl (C=O) groups is 2. The zero-order valence-corrected chi connectivity index (χ0v) is 17.3. The summed E-state index contributed by atoms with van der Waals surface area (Å²) in [5, 5.41) is 8.06. The lowest BCUT2D eigenvalue weighted by Crippen LogP contribution is -2.21. The van der Waals surface area contributed by atoms with Gasteiger partial charge in [-0.15, -0.1) is 11.3 Å². The van der Waals surface area contributed by atoms with Gasteiger partial charge in [-0.3, -0.25) is 14.9 Å².